The van der Waals surface area contributed by atoms with Gasteiger partial charge in [0, 0.05) is 16.7 Å². The highest BCUT2D eigenvalue weighted by Gasteiger charge is 2.60. The second-order valence-electron chi connectivity index (χ2n) is 19.6. The van der Waals surface area contributed by atoms with Gasteiger partial charge in [-0.25, -0.2) is 4.79 Å². The molecule has 8 rings (SSSR count). The van der Waals surface area contributed by atoms with Gasteiger partial charge in [0.2, 0.25) is 0 Å². The molecule has 1 N–H and O–H groups in total. The van der Waals surface area contributed by atoms with Crippen LogP contribution < -0.4 is 0 Å². The summed E-state index contributed by atoms with van der Waals surface area (Å²) in [6, 6.07) is 35.7. The number of rotatable bonds is 17. The Hall–Kier alpha value is -4.91. The number of aliphatic hydroxyl groups is 1. The van der Waals surface area contributed by atoms with Gasteiger partial charge in [-0.1, -0.05) is 137 Å². The standard InChI is InChI=1S/C54H65NO13Si/c1-33(2)54(5,6)69(7,8)68-52-42(55-48(57)34(3)35(4)49(55)58)46(61-30-37-23-15-10-16-24-37)44(40(63-52)31-60-29-36-21-13-9-14-22-36)67-53-43(56)47(65-50(59)38-25-17-11-18-26-38)45-41(64-53)32-62-51(66-45)39-27-19-12-20-28-39/h9-28,33,40-47,51-53,56H,29-32H2,1-8H3/t40-,41-,42-,43-,44-,45-,46-,47-,51-,52+,53+/m1/s1. The molecular weight excluding hydrogens is 899 g/mol. The van der Waals surface area contributed by atoms with Crippen LogP contribution >= 0.6 is 0 Å². The van der Waals surface area contributed by atoms with E-state index in [1.165, 1.54) is 4.90 Å². The van der Waals surface area contributed by atoms with E-state index in [9.17, 15) is 19.5 Å². The molecule has 14 nitrogen and oxygen atoms in total. The normalized spacial score (nSPS) is 28.8. The van der Waals surface area contributed by atoms with Crippen LogP contribution in [0.5, 0.6) is 0 Å². The molecule has 0 radical (unpaired) electrons. The average molecular weight is 964 g/mol. The number of hydrogen-bond donors (Lipinski definition) is 1. The molecule has 4 aliphatic heterocycles. The van der Waals surface area contributed by atoms with Crippen LogP contribution in [0.2, 0.25) is 18.1 Å². The van der Waals surface area contributed by atoms with Crippen molar-refractivity contribution in [1.82, 2.24) is 4.90 Å². The van der Waals surface area contributed by atoms with Crippen molar-refractivity contribution in [3.8, 4) is 0 Å². The van der Waals surface area contributed by atoms with Crippen molar-refractivity contribution in [3.05, 3.63) is 155 Å². The molecule has 4 heterocycles. The molecule has 15 heteroatoms. The van der Waals surface area contributed by atoms with Crippen molar-refractivity contribution in [2.24, 2.45) is 5.92 Å². The highest BCUT2D eigenvalue weighted by Crippen LogP contribution is 2.47. The third-order valence-electron chi connectivity index (χ3n) is 14.6. The van der Waals surface area contributed by atoms with E-state index in [0.29, 0.717) is 0 Å². The van der Waals surface area contributed by atoms with Gasteiger partial charge < -0.3 is 47.4 Å². The summed E-state index contributed by atoms with van der Waals surface area (Å²) in [4.78, 5) is 44.0. The summed E-state index contributed by atoms with van der Waals surface area (Å²) in [5.41, 5.74) is 3.29. The smallest absolute Gasteiger partial charge is 0.338 e. The Morgan fingerprint density at radius 1 is 0.754 bits per heavy atom. The Balaban J connectivity index is 1.21. The van der Waals surface area contributed by atoms with Gasteiger partial charge in [0.05, 0.1) is 32.0 Å². The molecular formula is C54H65NO13Si. The van der Waals surface area contributed by atoms with Gasteiger partial charge in [-0.3, -0.25) is 14.5 Å². The molecule has 368 valence electrons. The third-order valence-corrected chi connectivity index (χ3v) is 19.1. The quantitative estimate of drug-likeness (QED) is 0.0617. The Kier molecular flexibility index (Phi) is 15.8. The van der Waals surface area contributed by atoms with Crippen LogP contribution in [0.25, 0.3) is 0 Å². The number of carbonyl (C=O) groups excluding carboxylic acids is 3. The molecule has 0 bridgehead atoms. The first-order valence-corrected chi connectivity index (χ1v) is 26.7. The van der Waals surface area contributed by atoms with Crippen LogP contribution in [-0.4, -0.2) is 111 Å². The fraction of sp³-hybridized carbons (Fsp3) is 0.463. The summed E-state index contributed by atoms with van der Waals surface area (Å²) in [7, 11) is -2.83. The van der Waals surface area contributed by atoms with Crippen molar-refractivity contribution in [3.63, 3.8) is 0 Å². The fourth-order valence-electron chi connectivity index (χ4n) is 9.08. The predicted molar refractivity (Wildman–Crippen MR) is 256 cm³/mol. The number of benzene rings is 4. The number of fused-ring (bicyclic) bond motifs is 1. The summed E-state index contributed by atoms with van der Waals surface area (Å²) in [5.74, 6) is -1.52. The minimum absolute atomic E-state index is 0.0141. The molecule has 0 spiro atoms. The lowest BCUT2D eigenvalue weighted by atomic mass is 9.93. The van der Waals surface area contributed by atoms with Gasteiger partial charge in [-0.15, -0.1) is 0 Å². The van der Waals surface area contributed by atoms with E-state index < -0.39 is 93.7 Å². The van der Waals surface area contributed by atoms with Crippen LogP contribution in [0.3, 0.4) is 0 Å². The summed E-state index contributed by atoms with van der Waals surface area (Å²) in [6.07, 6.45) is -11.9. The van der Waals surface area contributed by atoms with Crippen LogP contribution in [0, 0.1) is 5.92 Å². The first kappa shape index (κ1) is 50.5. The molecule has 69 heavy (non-hydrogen) atoms. The lowest BCUT2D eigenvalue weighted by Crippen LogP contribution is -2.70. The van der Waals surface area contributed by atoms with E-state index >= 15 is 0 Å². The van der Waals surface area contributed by atoms with Crippen molar-refractivity contribution < 1.29 is 61.8 Å². The highest BCUT2D eigenvalue weighted by molar-refractivity contribution is 6.74. The zero-order valence-corrected chi connectivity index (χ0v) is 41.6. The second-order valence-corrected chi connectivity index (χ2v) is 24.1. The van der Waals surface area contributed by atoms with E-state index in [4.69, 9.17) is 42.3 Å². The van der Waals surface area contributed by atoms with Crippen LogP contribution in [-0.2, 0) is 65.1 Å². The minimum Gasteiger partial charge on any atom is -0.453 e. The Morgan fingerprint density at radius 3 is 1.91 bits per heavy atom. The molecule has 11 atom stereocenters. The molecule has 4 aromatic carbocycles. The van der Waals surface area contributed by atoms with Gasteiger partial charge >= 0.3 is 5.97 Å². The molecule has 0 saturated carbocycles. The number of hydrogen-bond acceptors (Lipinski definition) is 13. The molecule has 0 unspecified atom stereocenters. The average Bonchev–Trinajstić information content (AvgIpc) is 3.54. The van der Waals surface area contributed by atoms with Crippen molar-refractivity contribution in [2.75, 3.05) is 13.2 Å². The van der Waals surface area contributed by atoms with Crippen molar-refractivity contribution >= 4 is 26.1 Å². The zero-order valence-electron chi connectivity index (χ0n) is 40.6. The van der Waals surface area contributed by atoms with E-state index in [2.05, 4.69) is 40.8 Å². The third kappa shape index (κ3) is 10.9. The molecule has 4 aromatic rings. The number of amides is 2. The summed E-state index contributed by atoms with van der Waals surface area (Å²) < 4.78 is 60.2. The second kappa shape index (κ2) is 21.6. The van der Waals surface area contributed by atoms with Gasteiger partial charge in [-0.05, 0) is 61.2 Å². The molecule has 4 aliphatic rings. The number of nitrogens with zero attached hydrogens (tertiary/aromatic N) is 1. The number of aliphatic hydroxyl groups excluding tert-OH is 1. The van der Waals surface area contributed by atoms with Crippen molar-refractivity contribution in [2.45, 2.75) is 141 Å². The topological polar surface area (TPSA) is 158 Å². The van der Waals surface area contributed by atoms with E-state index in [0.717, 1.165) is 16.7 Å². The largest absolute Gasteiger partial charge is 0.453 e. The molecule has 2 amide bonds. The van der Waals surface area contributed by atoms with Gasteiger partial charge in [0.25, 0.3) is 11.8 Å². The SMILES string of the molecule is CC1=C(C)C(=O)N([C@H]2[C@H](O[Si](C)(C)C(C)(C)C(C)C)O[C@H](COCc3ccccc3)[C@@H](O[C@@H]3O[C@@H]4CO[C@@H](c5ccccc5)O[C@H]4[C@H](OC(=O)c4ccccc4)[C@H]3O)[C@@H]2OCc2ccccc2)C1=O. The fourth-order valence-corrected chi connectivity index (χ4v) is 11.5. The van der Waals surface area contributed by atoms with Gasteiger partial charge in [-0.2, -0.15) is 0 Å². The van der Waals surface area contributed by atoms with Crippen LogP contribution in [0.1, 0.15) is 74.9 Å². The van der Waals surface area contributed by atoms with E-state index in [1.54, 1.807) is 44.2 Å². The summed E-state index contributed by atoms with van der Waals surface area (Å²) >= 11 is 0. The minimum atomic E-state index is -2.83. The first-order valence-electron chi connectivity index (χ1n) is 23.8. The number of esters is 1. The number of ether oxygens (including phenoxy) is 8. The Bertz CT molecular complexity index is 2380. The van der Waals surface area contributed by atoms with E-state index in [1.807, 2.05) is 91.0 Å². The number of carbonyl (C=O) groups is 3. The lowest BCUT2D eigenvalue weighted by Gasteiger charge is -2.53. The predicted octanol–water partition coefficient (Wildman–Crippen LogP) is 8.06. The molecule has 0 aliphatic carbocycles. The van der Waals surface area contributed by atoms with Gasteiger partial charge in [0.15, 0.2) is 33.3 Å². The Morgan fingerprint density at radius 2 is 1.32 bits per heavy atom. The summed E-state index contributed by atoms with van der Waals surface area (Å²) in [5, 5.41) is 12.2. The number of imide groups is 1. The van der Waals surface area contributed by atoms with Crippen LogP contribution in [0.4, 0.5) is 0 Å². The van der Waals surface area contributed by atoms with Crippen LogP contribution in [0.15, 0.2) is 132 Å². The highest BCUT2D eigenvalue weighted by atomic mass is 28.4. The summed E-state index contributed by atoms with van der Waals surface area (Å²) in [6.45, 7) is 16.2. The zero-order chi connectivity index (χ0) is 49.0. The lowest BCUT2D eigenvalue weighted by molar-refractivity contribution is -0.382. The van der Waals surface area contributed by atoms with Gasteiger partial charge in [0.1, 0.15) is 42.7 Å². The molecule has 3 saturated heterocycles. The van der Waals surface area contributed by atoms with Crippen molar-refractivity contribution in [1.29, 1.82) is 0 Å². The maximum Gasteiger partial charge on any atom is 0.338 e. The maximum atomic E-state index is 14.5. The molecule has 0 aromatic heterocycles. The Labute approximate surface area is 405 Å². The maximum absolute atomic E-state index is 14.5. The first-order chi connectivity index (χ1) is 33.1. The van der Waals surface area contributed by atoms with E-state index in [-0.39, 0.29) is 54.1 Å². The monoisotopic (exact) mass is 963 g/mol. The molecule has 3 fully saturated rings.